The Kier molecular flexibility index (Phi) is 7.70. The molecule has 0 heterocycles. The number of allylic oxidation sites excluding steroid dienone is 2. The van der Waals surface area contributed by atoms with Crippen molar-refractivity contribution in [3.63, 3.8) is 0 Å². The molecule has 2 aliphatic carbocycles. The number of anilines is 2. The zero-order valence-electron chi connectivity index (χ0n) is 30.7. The Labute approximate surface area is 318 Å². The van der Waals surface area contributed by atoms with Gasteiger partial charge in [-0.2, -0.15) is 0 Å². The van der Waals surface area contributed by atoms with E-state index in [1.165, 1.54) is 88.6 Å². The lowest BCUT2D eigenvalue weighted by atomic mass is 9.81. The molecule has 10 rings (SSSR count). The summed E-state index contributed by atoms with van der Waals surface area (Å²) in [6.07, 6.45) is 5.59. The molecule has 0 aliphatic heterocycles. The first-order valence-electron chi connectivity index (χ1n) is 19.1. The summed E-state index contributed by atoms with van der Waals surface area (Å²) in [5, 5.41) is 5.07. The van der Waals surface area contributed by atoms with Gasteiger partial charge in [-0.3, -0.25) is 0 Å². The number of nitrogens with zero attached hydrogens (tertiary/aromatic N) is 1. The molecule has 0 bridgehead atoms. The van der Waals surface area contributed by atoms with Crippen molar-refractivity contribution in [3.8, 4) is 22.3 Å². The van der Waals surface area contributed by atoms with Gasteiger partial charge < -0.3 is 4.90 Å². The average Bonchev–Trinajstić information content (AvgIpc) is 3.46. The third-order valence-corrected chi connectivity index (χ3v) is 11.9. The molecule has 1 unspecified atom stereocenters. The topological polar surface area (TPSA) is 3.24 Å². The predicted molar refractivity (Wildman–Crippen MR) is 230 cm³/mol. The van der Waals surface area contributed by atoms with E-state index in [1.807, 2.05) is 0 Å². The maximum Gasteiger partial charge on any atom is 0.0637 e. The molecule has 0 spiro atoms. The summed E-state index contributed by atoms with van der Waals surface area (Å²) in [7, 11) is 0. The quantitative estimate of drug-likeness (QED) is 0.168. The van der Waals surface area contributed by atoms with Crippen molar-refractivity contribution in [2.75, 3.05) is 4.90 Å². The predicted octanol–water partition coefficient (Wildman–Crippen LogP) is 14.0. The van der Waals surface area contributed by atoms with Crippen LogP contribution in [0.4, 0.5) is 11.4 Å². The standard InChI is InChI=1S/C53H41N/c1-53(2)50-22-11-10-20-48(50)49-32-30-44(35-51(49)53)54(43-28-25-39(26-29-43)46-21-12-18-37-16-8-9-19-45(37)46)52-34-42(27-31-47(52)38-14-4-3-5-15-38)41-24-23-36-13-6-7-17-40(36)33-41/h3-33,35,52H,34H2,1-2H3. The highest BCUT2D eigenvalue weighted by atomic mass is 15.2. The number of hydrogen-bond donors (Lipinski definition) is 0. The third kappa shape index (κ3) is 5.39. The van der Waals surface area contributed by atoms with Crippen molar-refractivity contribution >= 4 is 44.1 Å². The number of rotatable bonds is 6. The number of benzene rings is 8. The van der Waals surface area contributed by atoms with E-state index in [4.69, 9.17) is 0 Å². The molecular weight excluding hydrogens is 651 g/mol. The zero-order valence-corrected chi connectivity index (χ0v) is 30.7. The molecule has 0 saturated heterocycles. The molecule has 0 amide bonds. The fourth-order valence-electron chi connectivity index (χ4n) is 9.07. The average molecular weight is 692 g/mol. The maximum atomic E-state index is 2.61. The van der Waals surface area contributed by atoms with Crippen LogP contribution in [0.25, 0.3) is 54.9 Å². The Hall–Kier alpha value is -6.44. The largest absolute Gasteiger partial charge is 0.334 e. The molecule has 2 aliphatic rings. The molecule has 54 heavy (non-hydrogen) atoms. The minimum Gasteiger partial charge on any atom is -0.334 e. The van der Waals surface area contributed by atoms with E-state index >= 15 is 0 Å². The highest BCUT2D eigenvalue weighted by molar-refractivity contribution is 5.97. The fraction of sp³-hybridized carbons (Fsp3) is 0.0943. The molecule has 0 saturated carbocycles. The molecule has 0 radical (unpaired) electrons. The Morgan fingerprint density at radius 1 is 0.444 bits per heavy atom. The van der Waals surface area contributed by atoms with Gasteiger partial charge in [-0.25, -0.2) is 0 Å². The smallest absolute Gasteiger partial charge is 0.0637 e. The van der Waals surface area contributed by atoms with Crippen molar-refractivity contribution in [1.29, 1.82) is 0 Å². The van der Waals surface area contributed by atoms with Crippen molar-refractivity contribution < 1.29 is 0 Å². The van der Waals surface area contributed by atoms with Gasteiger partial charge in [-0.05, 0) is 114 Å². The van der Waals surface area contributed by atoms with Gasteiger partial charge in [0.1, 0.15) is 0 Å². The first-order valence-corrected chi connectivity index (χ1v) is 19.1. The Morgan fingerprint density at radius 2 is 1.09 bits per heavy atom. The Bertz CT molecular complexity index is 2760. The number of hydrogen-bond acceptors (Lipinski definition) is 1. The van der Waals surface area contributed by atoms with Crippen LogP contribution in [-0.2, 0) is 5.41 Å². The SMILES string of the molecule is CC1(C)c2ccccc2-c2ccc(N(c3ccc(-c4cccc5ccccc45)cc3)C3CC(c4ccc5ccccc5c4)=CC=C3c3ccccc3)cc21. The van der Waals surface area contributed by atoms with Crippen molar-refractivity contribution in [2.45, 2.75) is 31.7 Å². The van der Waals surface area contributed by atoms with Crippen molar-refractivity contribution in [2.24, 2.45) is 0 Å². The summed E-state index contributed by atoms with van der Waals surface area (Å²) in [4.78, 5) is 2.61. The van der Waals surface area contributed by atoms with Crippen LogP contribution >= 0.6 is 0 Å². The van der Waals surface area contributed by atoms with Crippen LogP contribution in [-0.4, -0.2) is 6.04 Å². The molecule has 8 aromatic carbocycles. The molecule has 1 nitrogen and oxygen atoms in total. The highest BCUT2D eigenvalue weighted by Crippen LogP contribution is 2.51. The van der Waals surface area contributed by atoms with Crippen LogP contribution in [0, 0.1) is 0 Å². The van der Waals surface area contributed by atoms with Gasteiger partial charge in [-0.15, -0.1) is 0 Å². The Balaban J connectivity index is 1.14. The normalized spacial score (nSPS) is 15.7. The van der Waals surface area contributed by atoms with Gasteiger partial charge >= 0.3 is 0 Å². The highest BCUT2D eigenvalue weighted by Gasteiger charge is 2.37. The molecule has 1 atom stereocenters. The van der Waals surface area contributed by atoms with Crippen LogP contribution < -0.4 is 4.90 Å². The monoisotopic (exact) mass is 691 g/mol. The second kappa shape index (κ2) is 12.9. The van der Waals surface area contributed by atoms with E-state index in [0.29, 0.717) is 0 Å². The van der Waals surface area contributed by atoms with Crippen LogP contribution in [0.5, 0.6) is 0 Å². The second-order valence-electron chi connectivity index (χ2n) is 15.3. The van der Waals surface area contributed by atoms with E-state index in [9.17, 15) is 0 Å². The molecule has 0 N–H and O–H groups in total. The van der Waals surface area contributed by atoms with Crippen molar-refractivity contribution in [3.05, 3.63) is 216 Å². The molecule has 0 fully saturated rings. The van der Waals surface area contributed by atoms with Crippen LogP contribution in [0.3, 0.4) is 0 Å². The summed E-state index contributed by atoms with van der Waals surface area (Å²) >= 11 is 0. The summed E-state index contributed by atoms with van der Waals surface area (Å²) < 4.78 is 0. The Morgan fingerprint density at radius 3 is 1.94 bits per heavy atom. The van der Waals surface area contributed by atoms with Gasteiger partial charge in [0.2, 0.25) is 0 Å². The molecule has 1 heteroatoms. The van der Waals surface area contributed by atoms with Gasteiger partial charge in [0.25, 0.3) is 0 Å². The lowest BCUT2D eigenvalue weighted by molar-refractivity contribution is 0.659. The first-order chi connectivity index (χ1) is 26.5. The summed E-state index contributed by atoms with van der Waals surface area (Å²) in [5.74, 6) is 0. The molecule has 0 aromatic heterocycles. The third-order valence-electron chi connectivity index (χ3n) is 11.9. The first kappa shape index (κ1) is 32.2. The summed E-state index contributed by atoms with van der Waals surface area (Å²) in [6.45, 7) is 4.75. The van der Waals surface area contributed by atoms with Crippen molar-refractivity contribution in [1.82, 2.24) is 0 Å². The van der Waals surface area contributed by atoms with E-state index < -0.39 is 0 Å². The number of fused-ring (bicyclic) bond motifs is 5. The zero-order chi connectivity index (χ0) is 36.2. The fourth-order valence-corrected chi connectivity index (χ4v) is 9.07. The second-order valence-corrected chi connectivity index (χ2v) is 15.3. The van der Waals surface area contributed by atoms with E-state index in [-0.39, 0.29) is 11.5 Å². The van der Waals surface area contributed by atoms with Gasteiger partial charge in [0.05, 0.1) is 6.04 Å². The van der Waals surface area contributed by atoms with E-state index in [2.05, 4.69) is 213 Å². The van der Waals surface area contributed by atoms with Gasteiger partial charge in [0, 0.05) is 16.8 Å². The molecule has 8 aromatic rings. The lowest BCUT2D eigenvalue weighted by Gasteiger charge is -2.38. The molecular formula is C53H41N. The molecule has 258 valence electrons. The maximum absolute atomic E-state index is 2.61. The van der Waals surface area contributed by atoms with E-state index in [1.54, 1.807) is 0 Å². The van der Waals surface area contributed by atoms with E-state index in [0.717, 1.165) is 6.42 Å². The minimum absolute atomic E-state index is 0.0483. The van der Waals surface area contributed by atoms with Crippen LogP contribution in [0.1, 0.15) is 42.5 Å². The van der Waals surface area contributed by atoms with Gasteiger partial charge in [-0.1, -0.05) is 178 Å². The summed E-state index contributed by atoms with van der Waals surface area (Å²) in [6, 6.07) is 67.3. The van der Waals surface area contributed by atoms with Crippen LogP contribution in [0.2, 0.25) is 0 Å². The lowest BCUT2D eigenvalue weighted by Crippen LogP contribution is -2.34. The van der Waals surface area contributed by atoms with Crippen LogP contribution in [0.15, 0.2) is 194 Å². The van der Waals surface area contributed by atoms with Gasteiger partial charge in [0.15, 0.2) is 0 Å². The minimum atomic E-state index is -0.105. The summed E-state index contributed by atoms with van der Waals surface area (Å²) in [5.41, 5.74) is 15.4.